The first-order valence-corrected chi connectivity index (χ1v) is 6.12. The van der Waals surface area contributed by atoms with Gasteiger partial charge >= 0.3 is 0 Å². The Kier molecular flexibility index (Phi) is 5.23. The van der Waals surface area contributed by atoms with E-state index in [1.54, 1.807) is 7.11 Å². The van der Waals surface area contributed by atoms with Crippen LogP contribution in [0.1, 0.15) is 12.0 Å². The number of nitrogens with zero attached hydrogens (tertiary/aromatic N) is 1. The number of anilines is 1. The summed E-state index contributed by atoms with van der Waals surface area (Å²) in [6.45, 7) is 2.97. The molecule has 0 radical (unpaired) electrons. The van der Waals surface area contributed by atoms with E-state index in [-0.39, 0.29) is 0 Å². The molecule has 0 aliphatic rings. The summed E-state index contributed by atoms with van der Waals surface area (Å²) >= 11 is 11.8. The Balaban J connectivity index is 2.92. The summed E-state index contributed by atoms with van der Waals surface area (Å²) < 4.78 is 5.17. The monoisotopic (exact) mass is 261 g/mol. The summed E-state index contributed by atoms with van der Waals surface area (Å²) in [5.74, 6) is 1.39. The van der Waals surface area contributed by atoms with Crippen LogP contribution in [0.4, 0.5) is 5.69 Å². The van der Waals surface area contributed by atoms with Crippen LogP contribution in [0.5, 0.6) is 5.75 Å². The Bertz CT molecular complexity index is 355. The fraction of sp³-hybridized carbons (Fsp3) is 0.500. The van der Waals surface area contributed by atoms with Gasteiger partial charge in [0.05, 0.1) is 12.1 Å². The van der Waals surface area contributed by atoms with Gasteiger partial charge in [-0.1, -0.05) is 11.6 Å². The lowest BCUT2D eigenvalue weighted by Gasteiger charge is -2.22. The molecule has 0 N–H and O–H groups in total. The normalized spacial score (nSPS) is 10.3. The van der Waals surface area contributed by atoms with E-state index in [2.05, 4.69) is 4.90 Å². The molecule has 0 unspecified atom stereocenters. The van der Waals surface area contributed by atoms with Crippen LogP contribution in [0.2, 0.25) is 5.02 Å². The molecule has 0 aliphatic heterocycles. The number of methoxy groups -OCH3 is 1. The van der Waals surface area contributed by atoms with Crippen molar-refractivity contribution in [3.63, 3.8) is 0 Å². The Morgan fingerprint density at radius 3 is 2.62 bits per heavy atom. The second kappa shape index (κ2) is 6.21. The third-order valence-electron chi connectivity index (χ3n) is 2.51. The molecule has 0 atom stereocenters. The van der Waals surface area contributed by atoms with E-state index in [1.807, 2.05) is 26.1 Å². The molecule has 90 valence electrons. The summed E-state index contributed by atoms with van der Waals surface area (Å²) in [5, 5.41) is 0.640. The van der Waals surface area contributed by atoms with Gasteiger partial charge in [-0.3, -0.25) is 0 Å². The second-order valence-corrected chi connectivity index (χ2v) is 4.52. The maximum Gasteiger partial charge on any atom is 0.137 e. The minimum Gasteiger partial charge on any atom is -0.495 e. The van der Waals surface area contributed by atoms with Crippen molar-refractivity contribution in [1.29, 1.82) is 0 Å². The van der Waals surface area contributed by atoms with Crippen LogP contribution < -0.4 is 9.64 Å². The molecule has 16 heavy (non-hydrogen) atoms. The predicted molar refractivity (Wildman–Crippen MR) is 71.3 cm³/mol. The van der Waals surface area contributed by atoms with Crippen LogP contribution >= 0.6 is 23.2 Å². The first kappa shape index (κ1) is 13.5. The van der Waals surface area contributed by atoms with Crippen molar-refractivity contribution in [2.75, 3.05) is 31.5 Å². The van der Waals surface area contributed by atoms with E-state index in [1.165, 1.54) is 0 Å². The highest BCUT2D eigenvalue weighted by Crippen LogP contribution is 2.32. The van der Waals surface area contributed by atoms with Crippen molar-refractivity contribution in [2.45, 2.75) is 13.3 Å². The van der Waals surface area contributed by atoms with Gasteiger partial charge in [0.2, 0.25) is 0 Å². The lowest BCUT2D eigenvalue weighted by atomic mass is 10.1. The molecular weight excluding hydrogens is 245 g/mol. The lowest BCUT2D eigenvalue weighted by Crippen LogP contribution is -2.19. The maximum absolute atomic E-state index is 6.10. The van der Waals surface area contributed by atoms with Gasteiger partial charge in [-0.05, 0) is 31.0 Å². The molecule has 1 aromatic carbocycles. The molecule has 0 aromatic heterocycles. The van der Waals surface area contributed by atoms with E-state index in [9.17, 15) is 0 Å². The zero-order chi connectivity index (χ0) is 12.1. The van der Waals surface area contributed by atoms with Gasteiger partial charge in [-0.15, -0.1) is 11.6 Å². The fourth-order valence-corrected chi connectivity index (χ4v) is 1.98. The summed E-state index contributed by atoms with van der Waals surface area (Å²) in [6.07, 6.45) is 0.959. The number of ether oxygens (including phenoxy) is 1. The molecule has 0 bridgehead atoms. The van der Waals surface area contributed by atoms with Crippen LogP contribution in [-0.4, -0.2) is 26.6 Å². The van der Waals surface area contributed by atoms with Crippen LogP contribution in [0.3, 0.4) is 0 Å². The average Bonchev–Trinajstić information content (AvgIpc) is 2.28. The van der Waals surface area contributed by atoms with Gasteiger partial charge in [0, 0.05) is 25.2 Å². The van der Waals surface area contributed by atoms with Gasteiger partial charge in [-0.2, -0.15) is 0 Å². The van der Waals surface area contributed by atoms with E-state index in [0.717, 1.165) is 24.2 Å². The topological polar surface area (TPSA) is 12.5 Å². The van der Waals surface area contributed by atoms with Gasteiger partial charge in [0.25, 0.3) is 0 Å². The molecule has 0 amide bonds. The molecule has 1 aromatic rings. The number of halogens is 2. The first-order valence-electron chi connectivity index (χ1n) is 5.21. The number of hydrogen-bond acceptors (Lipinski definition) is 2. The molecule has 0 spiro atoms. The third kappa shape index (κ3) is 3.19. The van der Waals surface area contributed by atoms with Gasteiger partial charge in [-0.25, -0.2) is 0 Å². The highest BCUT2D eigenvalue weighted by Gasteiger charge is 2.09. The van der Waals surface area contributed by atoms with Crippen molar-refractivity contribution < 1.29 is 4.74 Å². The molecule has 0 heterocycles. The van der Waals surface area contributed by atoms with Crippen molar-refractivity contribution in [3.8, 4) is 5.75 Å². The number of aryl methyl sites for hydroxylation is 1. The Hall–Kier alpha value is -0.600. The Morgan fingerprint density at radius 2 is 2.06 bits per heavy atom. The second-order valence-electron chi connectivity index (χ2n) is 3.74. The Labute approximate surface area is 107 Å². The number of alkyl halides is 1. The summed E-state index contributed by atoms with van der Waals surface area (Å²) in [4.78, 5) is 2.16. The van der Waals surface area contributed by atoms with Crippen LogP contribution in [0.15, 0.2) is 12.1 Å². The maximum atomic E-state index is 6.10. The largest absolute Gasteiger partial charge is 0.495 e. The molecule has 0 saturated carbocycles. The minimum atomic E-state index is 0.640. The van der Waals surface area contributed by atoms with Crippen molar-refractivity contribution in [1.82, 2.24) is 0 Å². The number of rotatable bonds is 5. The molecular formula is C12H17Cl2NO. The van der Waals surface area contributed by atoms with Crippen LogP contribution in [0.25, 0.3) is 0 Å². The summed E-state index contributed by atoms with van der Waals surface area (Å²) in [5.41, 5.74) is 2.27. The zero-order valence-corrected chi connectivity index (χ0v) is 11.4. The van der Waals surface area contributed by atoms with Gasteiger partial charge < -0.3 is 9.64 Å². The molecule has 1 rings (SSSR count). The van der Waals surface area contributed by atoms with Crippen molar-refractivity contribution in [2.24, 2.45) is 0 Å². The predicted octanol–water partition coefficient (Wildman–Crippen LogP) is 3.72. The van der Waals surface area contributed by atoms with Crippen molar-refractivity contribution in [3.05, 3.63) is 22.7 Å². The van der Waals surface area contributed by atoms with E-state index in [0.29, 0.717) is 16.7 Å². The summed E-state index contributed by atoms with van der Waals surface area (Å²) in [7, 11) is 3.66. The highest BCUT2D eigenvalue weighted by molar-refractivity contribution is 6.32. The number of hydrogen-bond donors (Lipinski definition) is 0. The SMILES string of the molecule is COc1cc(C)c(N(C)CCCCl)cc1Cl. The van der Waals surface area contributed by atoms with Crippen LogP contribution in [0, 0.1) is 6.92 Å². The molecule has 0 fully saturated rings. The summed E-state index contributed by atoms with van der Waals surface area (Å²) in [6, 6.07) is 3.89. The number of benzene rings is 1. The standard InChI is InChI=1S/C12H17Cl2NO/c1-9-7-12(16-3)10(14)8-11(9)15(2)6-4-5-13/h7-8H,4-6H2,1-3H3. The molecule has 4 heteroatoms. The van der Waals surface area contributed by atoms with E-state index >= 15 is 0 Å². The highest BCUT2D eigenvalue weighted by atomic mass is 35.5. The molecule has 0 aliphatic carbocycles. The zero-order valence-electron chi connectivity index (χ0n) is 9.89. The third-order valence-corrected chi connectivity index (χ3v) is 3.07. The van der Waals surface area contributed by atoms with Gasteiger partial charge in [0.1, 0.15) is 5.75 Å². The molecule has 0 saturated heterocycles. The smallest absolute Gasteiger partial charge is 0.137 e. The Morgan fingerprint density at radius 1 is 1.38 bits per heavy atom. The quantitative estimate of drug-likeness (QED) is 0.750. The van der Waals surface area contributed by atoms with Gasteiger partial charge in [0.15, 0.2) is 0 Å². The minimum absolute atomic E-state index is 0.640. The average molecular weight is 262 g/mol. The molecule has 2 nitrogen and oxygen atoms in total. The lowest BCUT2D eigenvalue weighted by molar-refractivity contribution is 0.414. The fourth-order valence-electron chi connectivity index (χ4n) is 1.63. The van der Waals surface area contributed by atoms with E-state index < -0.39 is 0 Å². The first-order chi connectivity index (χ1) is 7.60. The van der Waals surface area contributed by atoms with Crippen LogP contribution in [-0.2, 0) is 0 Å². The van der Waals surface area contributed by atoms with Crippen molar-refractivity contribution >= 4 is 28.9 Å². The van der Waals surface area contributed by atoms with E-state index in [4.69, 9.17) is 27.9 Å².